The van der Waals surface area contributed by atoms with Gasteiger partial charge in [0.1, 0.15) is 5.60 Å². The lowest BCUT2D eigenvalue weighted by Crippen LogP contribution is -2.46. The minimum absolute atomic E-state index is 0.414. The molecule has 0 bridgehead atoms. The molecule has 1 fully saturated rings. The Morgan fingerprint density at radius 1 is 1.36 bits per heavy atom. The Kier molecular flexibility index (Phi) is 1.44. The van der Waals surface area contributed by atoms with Crippen LogP contribution in [-0.4, -0.2) is 18.3 Å². The van der Waals surface area contributed by atoms with Gasteiger partial charge in [-0.3, -0.25) is 0 Å². The molecule has 1 aromatic carbocycles. The maximum atomic E-state index is 9.74. The number of rotatable bonds is 1. The van der Waals surface area contributed by atoms with E-state index in [1.807, 2.05) is 12.1 Å². The Balaban J connectivity index is 2.29. The van der Waals surface area contributed by atoms with E-state index in [1.54, 1.807) is 12.1 Å². The second-order valence-corrected chi connectivity index (χ2v) is 2.81. The molecular formula is C9H9O2. The predicted octanol–water partition coefficient (Wildman–Crippen LogP) is 0.705. The summed E-state index contributed by atoms with van der Waals surface area (Å²) in [5, 5.41) is 9.74. The molecule has 2 nitrogen and oxygen atoms in total. The summed E-state index contributed by atoms with van der Waals surface area (Å²) in [5.74, 6) is 0. The molecule has 0 atom stereocenters. The van der Waals surface area contributed by atoms with Crippen LogP contribution in [0, 0.1) is 6.07 Å². The lowest BCUT2D eigenvalue weighted by atomic mass is 9.92. The highest BCUT2D eigenvalue weighted by molar-refractivity contribution is 5.23. The minimum atomic E-state index is -0.727. The normalized spacial score (nSPS) is 20.8. The van der Waals surface area contributed by atoms with Gasteiger partial charge in [0.05, 0.1) is 13.2 Å². The van der Waals surface area contributed by atoms with Crippen LogP contribution >= 0.6 is 0 Å². The van der Waals surface area contributed by atoms with Crippen LogP contribution in [0.2, 0.25) is 0 Å². The second kappa shape index (κ2) is 2.32. The lowest BCUT2D eigenvalue weighted by Gasteiger charge is -2.36. The highest BCUT2D eigenvalue weighted by Crippen LogP contribution is 2.28. The van der Waals surface area contributed by atoms with Gasteiger partial charge in [-0.15, -0.1) is 0 Å². The molecule has 1 saturated heterocycles. The standard InChI is InChI=1S/C9H9O2/c10-9(6-11-7-9)8-4-2-1-3-5-8/h2-5,10H,6-7H2. The van der Waals surface area contributed by atoms with Crippen molar-refractivity contribution in [1.82, 2.24) is 0 Å². The van der Waals surface area contributed by atoms with Crippen molar-refractivity contribution in [3.63, 3.8) is 0 Å². The van der Waals surface area contributed by atoms with E-state index in [2.05, 4.69) is 6.07 Å². The maximum absolute atomic E-state index is 9.74. The summed E-state index contributed by atoms with van der Waals surface area (Å²) in [7, 11) is 0. The molecule has 0 amide bonds. The zero-order valence-corrected chi connectivity index (χ0v) is 6.08. The Morgan fingerprint density at radius 2 is 2.00 bits per heavy atom. The van der Waals surface area contributed by atoms with Crippen molar-refractivity contribution in [2.45, 2.75) is 5.60 Å². The van der Waals surface area contributed by atoms with Crippen molar-refractivity contribution in [2.24, 2.45) is 0 Å². The third kappa shape index (κ3) is 1.04. The van der Waals surface area contributed by atoms with Gasteiger partial charge in [0.2, 0.25) is 0 Å². The molecule has 1 N–H and O–H groups in total. The van der Waals surface area contributed by atoms with Crippen molar-refractivity contribution in [1.29, 1.82) is 0 Å². The van der Waals surface area contributed by atoms with E-state index in [9.17, 15) is 5.11 Å². The highest BCUT2D eigenvalue weighted by Gasteiger charge is 2.37. The molecule has 1 aromatic rings. The maximum Gasteiger partial charge on any atom is 0.136 e. The van der Waals surface area contributed by atoms with E-state index < -0.39 is 5.60 Å². The third-order valence-corrected chi connectivity index (χ3v) is 1.94. The van der Waals surface area contributed by atoms with E-state index in [0.717, 1.165) is 5.56 Å². The van der Waals surface area contributed by atoms with Gasteiger partial charge >= 0.3 is 0 Å². The zero-order valence-electron chi connectivity index (χ0n) is 6.08. The van der Waals surface area contributed by atoms with Crippen LogP contribution in [0.5, 0.6) is 0 Å². The van der Waals surface area contributed by atoms with Gasteiger partial charge in [0.25, 0.3) is 0 Å². The molecule has 1 heterocycles. The van der Waals surface area contributed by atoms with Gasteiger partial charge in [-0.1, -0.05) is 24.3 Å². The van der Waals surface area contributed by atoms with E-state index in [-0.39, 0.29) is 0 Å². The lowest BCUT2D eigenvalue weighted by molar-refractivity contribution is -0.184. The molecule has 1 aliphatic heterocycles. The summed E-state index contributed by atoms with van der Waals surface area (Å²) in [4.78, 5) is 0. The zero-order chi connectivity index (χ0) is 7.73. The van der Waals surface area contributed by atoms with E-state index in [0.29, 0.717) is 13.2 Å². The Bertz CT molecular complexity index is 239. The number of hydrogen-bond acceptors (Lipinski definition) is 2. The van der Waals surface area contributed by atoms with Gasteiger partial charge in [-0.2, -0.15) is 0 Å². The quantitative estimate of drug-likeness (QED) is 0.637. The molecule has 11 heavy (non-hydrogen) atoms. The van der Waals surface area contributed by atoms with E-state index in [4.69, 9.17) is 4.74 Å². The van der Waals surface area contributed by atoms with E-state index in [1.165, 1.54) is 0 Å². The van der Waals surface area contributed by atoms with Crippen molar-refractivity contribution in [3.05, 3.63) is 35.9 Å². The molecule has 0 unspecified atom stereocenters. The summed E-state index contributed by atoms with van der Waals surface area (Å²) < 4.78 is 4.93. The molecule has 1 radical (unpaired) electrons. The second-order valence-electron chi connectivity index (χ2n) is 2.81. The third-order valence-electron chi connectivity index (χ3n) is 1.94. The molecule has 0 saturated carbocycles. The largest absolute Gasteiger partial charge is 0.380 e. The van der Waals surface area contributed by atoms with Crippen LogP contribution in [0.1, 0.15) is 5.56 Å². The number of benzene rings is 1. The summed E-state index contributed by atoms with van der Waals surface area (Å²) in [6.45, 7) is 0.827. The molecule has 0 aliphatic carbocycles. The molecule has 57 valence electrons. The smallest absolute Gasteiger partial charge is 0.136 e. The molecule has 0 spiro atoms. The van der Waals surface area contributed by atoms with Crippen LogP contribution in [0.25, 0.3) is 0 Å². The summed E-state index contributed by atoms with van der Waals surface area (Å²) in [6.07, 6.45) is 0. The molecular weight excluding hydrogens is 140 g/mol. The van der Waals surface area contributed by atoms with Crippen LogP contribution in [0.15, 0.2) is 24.3 Å². The fourth-order valence-electron chi connectivity index (χ4n) is 1.16. The summed E-state index contributed by atoms with van der Waals surface area (Å²) in [6, 6.07) is 10.2. The number of ether oxygens (including phenoxy) is 1. The van der Waals surface area contributed by atoms with Crippen molar-refractivity contribution < 1.29 is 9.84 Å². The SMILES string of the molecule is OC1(c2cc[c]cc2)COC1. The number of aliphatic hydroxyl groups is 1. The fourth-order valence-corrected chi connectivity index (χ4v) is 1.16. The van der Waals surface area contributed by atoms with Crippen molar-refractivity contribution in [2.75, 3.05) is 13.2 Å². The van der Waals surface area contributed by atoms with Crippen LogP contribution in [0.3, 0.4) is 0 Å². The van der Waals surface area contributed by atoms with Crippen molar-refractivity contribution in [3.8, 4) is 0 Å². The molecule has 1 aliphatic rings. The van der Waals surface area contributed by atoms with Gasteiger partial charge in [0.15, 0.2) is 0 Å². The Labute approximate surface area is 65.4 Å². The van der Waals surface area contributed by atoms with Crippen LogP contribution in [-0.2, 0) is 10.3 Å². The summed E-state index contributed by atoms with van der Waals surface area (Å²) in [5.41, 5.74) is 0.192. The van der Waals surface area contributed by atoms with Gasteiger partial charge in [-0.05, 0) is 11.6 Å². The van der Waals surface area contributed by atoms with Gasteiger partial charge in [0, 0.05) is 0 Å². The topological polar surface area (TPSA) is 29.5 Å². The van der Waals surface area contributed by atoms with Gasteiger partial charge < -0.3 is 9.84 Å². The summed E-state index contributed by atoms with van der Waals surface area (Å²) >= 11 is 0. The van der Waals surface area contributed by atoms with E-state index >= 15 is 0 Å². The Hall–Kier alpha value is -0.860. The average Bonchev–Trinajstić information content (AvgIpc) is 2.02. The highest BCUT2D eigenvalue weighted by atomic mass is 16.5. The Morgan fingerprint density at radius 3 is 2.45 bits per heavy atom. The molecule has 0 aromatic heterocycles. The first kappa shape index (κ1) is 6.83. The van der Waals surface area contributed by atoms with Crippen LogP contribution < -0.4 is 0 Å². The van der Waals surface area contributed by atoms with Gasteiger partial charge in [-0.25, -0.2) is 0 Å². The fraction of sp³-hybridized carbons (Fsp3) is 0.333. The average molecular weight is 149 g/mol. The molecule has 2 rings (SSSR count). The van der Waals surface area contributed by atoms with Crippen LogP contribution in [0.4, 0.5) is 0 Å². The van der Waals surface area contributed by atoms with Crippen molar-refractivity contribution >= 4 is 0 Å². The predicted molar refractivity (Wildman–Crippen MR) is 40.0 cm³/mol. The molecule has 2 heteroatoms. The first-order chi connectivity index (χ1) is 5.31. The number of hydrogen-bond donors (Lipinski definition) is 1. The first-order valence-corrected chi connectivity index (χ1v) is 3.58. The minimum Gasteiger partial charge on any atom is -0.380 e. The first-order valence-electron chi connectivity index (χ1n) is 3.58. The monoisotopic (exact) mass is 149 g/mol.